The fraction of sp³-hybridized carbons (Fsp3) is 0.667. The molecule has 0 saturated heterocycles. The molecule has 1 aromatic carbocycles. The molecular formula is C21H34N2O2. The Hall–Kier alpha value is -1.39. The van der Waals surface area contributed by atoms with E-state index < -0.39 is 0 Å². The van der Waals surface area contributed by atoms with Crippen molar-refractivity contribution in [2.75, 3.05) is 19.7 Å². The number of aliphatic hydroxyl groups is 1. The Labute approximate surface area is 152 Å². The first-order chi connectivity index (χ1) is 11.8. The second kappa shape index (κ2) is 8.81. The van der Waals surface area contributed by atoms with E-state index in [2.05, 4.69) is 49.6 Å². The first-order valence-corrected chi connectivity index (χ1v) is 9.50. The minimum atomic E-state index is 0.0167. The molecule has 0 fully saturated rings. The summed E-state index contributed by atoms with van der Waals surface area (Å²) in [5.41, 5.74) is 4.39. The van der Waals surface area contributed by atoms with E-state index in [-0.39, 0.29) is 29.9 Å². The minimum Gasteiger partial charge on any atom is -0.396 e. The maximum atomic E-state index is 11.0. The average molecular weight is 347 g/mol. The number of benzene rings is 1. The van der Waals surface area contributed by atoms with E-state index in [4.69, 9.17) is 0 Å². The highest BCUT2D eigenvalue weighted by Crippen LogP contribution is 2.35. The van der Waals surface area contributed by atoms with Crippen LogP contribution < -0.4 is 10.6 Å². The van der Waals surface area contributed by atoms with Crippen LogP contribution in [0.15, 0.2) is 18.2 Å². The van der Waals surface area contributed by atoms with Gasteiger partial charge in [-0.1, -0.05) is 39.0 Å². The van der Waals surface area contributed by atoms with Crippen LogP contribution in [-0.4, -0.2) is 30.7 Å². The van der Waals surface area contributed by atoms with Gasteiger partial charge in [0, 0.05) is 32.0 Å². The lowest BCUT2D eigenvalue weighted by molar-refractivity contribution is -0.118. The van der Waals surface area contributed by atoms with E-state index in [1.165, 1.54) is 16.7 Å². The first kappa shape index (κ1) is 19.9. The van der Waals surface area contributed by atoms with Crippen LogP contribution in [0.1, 0.15) is 63.3 Å². The van der Waals surface area contributed by atoms with Gasteiger partial charge in [0.05, 0.1) is 0 Å². The summed E-state index contributed by atoms with van der Waals surface area (Å²) in [4.78, 5) is 11.0. The van der Waals surface area contributed by atoms with Crippen molar-refractivity contribution in [2.45, 2.75) is 59.4 Å². The molecule has 0 aliphatic heterocycles. The van der Waals surface area contributed by atoms with Gasteiger partial charge in [0.15, 0.2) is 0 Å². The molecule has 25 heavy (non-hydrogen) atoms. The van der Waals surface area contributed by atoms with Crippen LogP contribution in [0.2, 0.25) is 0 Å². The molecular weight excluding hydrogens is 312 g/mol. The van der Waals surface area contributed by atoms with Gasteiger partial charge in [-0.2, -0.15) is 0 Å². The molecule has 0 heterocycles. The zero-order valence-electron chi connectivity index (χ0n) is 16.2. The number of carbonyl (C=O) groups excluding carboxylic acids is 1. The summed E-state index contributed by atoms with van der Waals surface area (Å²) in [6, 6.07) is 7.08. The van der Waals surface area contributed by atoms with E-state index in [0.717, 1.165) is 32.2 Å². The van der Waals surface area contributed by atoms with Crippen molar-refractivity contribution in [1.29, 1.82) is 0 Å². The number of carbonyl (C=O) groups is 1. The summed E-state index contributed by atoms with van der Waals surface area (Å²) in [7, 11) is 0. The predicted molar refractivity (Wildman–Crippen MR) is 103 cm³/mol. The van der Waals surface area contributed by atoms with Gasteiger partial charge in [0.1, 0.15) is 0 Å². The summed E-state index contributed by atoms with van der Waals surface area (Å²) in [6.07, 6.45) is 4.01. The number of amides is 1. The quantitative estimate of drug-likeness (QED) is 0.665. The number of rotatable bonds is 7. The molecule has 1 amide bonds. The molecule has 1 aliphatic rings. The zero-order chi connectivity index (χ0) is 18.4. The molecule has 1 aromatic rings. The second-order valence-corrected chi connectivity index (χ2v) is 8.52. The average Bonchev–Trinajstić information content (AvgIpc) is 2.52. The lowest BCUT2D eigenvalue weighted by atomic mass is 9.78. The van der Waals surface area contributed by atoms with Crippen molar-refractivity contribution in [3.63, 3.8) is 0 Å². The number of aliphatic hydroxyl groups excluding tert-OH is 1. The Morgan fingerprint density at radius 2 is 2.04 bits per heavy atom. The zero-order valence-corrected chi connectivity index (χ0v) is 16.2. The van der Waals surface area contributed by atoms with Crippen LogP contribution in [0.3, 0.4) is 0 Å². The first-order valence-electron chi connectivity index (χ1n) is 9.50. The summed E-state index contributed by atoms with van der Waals surface area (Å²) >= 11 is 0. The predicted octanol–water partition coefficient (Wildman–Crippen LogP) is 2.99. The van der Waals surface area contributed by atoms with Crippen molar-refractivity contribution >= 4 is 5.91 Å². The van der Waals surface area contributed by atoms with Crippen LogP contribution in [-0.2, 0) is 17.6 Å². The SMILES string of the molecule is CC(=O)NCCCNC1c2cc(CC(C)(C)C)ccc2CCC1CO. The largest absolute Gasteiger partial charge is 0.396 e. The summed E-state index contributed by atoms with van der Waals surface area (Å²) in [5.74, 6) is 0.279. The van der Waals surface area contributed by atoms with E-state index in [9.17, 15) is 9.90 Å². The lowest BCUT2D eigenvalue weighted by Gasteiger charge is -2.34. The Morgan fingerprint density at radius 1 is 1.28 bits per heavy atom. The number of nitrogens with one attached hydrogen (secondary N) is 2. The lowest BCUT2D eigenvalue weighted by Crippen LogP contribution is -2.36. The Balaban J connectivity index is 2.09. The van der Waals surface area contributed by atoms with E-state index in [0.29, 0.717) is 6.54 Å². The summed E-state index contributed by atoms with van der Waals surface area (Å²) in [5, 5.41) is 16.3. The molecule has 0 spiro atoms. The molecule has 2 rings (SSSR count). The van der Waals surface area contributed by atoms with Crippen LogP contribution in [0, 0.1) is 11.3 Å². The smallest absolute Gasteiger partial charge is 0.216 e. The fourth-order valence-electron chi connectivity index (χ4n) is 3.73. The Morgan fingerprint density at radius 3 is 2.68 bits per heavy atom. The van der Waals surface area contributed by atoms with Gasteiger partial charge in [-0.05, 0) is 54.3 Å². The number of hydrogen-bond donors (Lipinski definition) is 3. The van der Waals surface area contributed by atoms with Gasteiger partial charge in [0.2, 0.25) is 5.91 Å². The number of hydrogen-bond acceptors (Lipinski definition) is 3. The highest BCUT2D eigenvalue weighted by Gasteiger charge is 2.29. The Kier molecular flexibility index (Phi) is 7.03. The highest BCUT2D eigenvalue weighted by molar-refractivity contribution is 5.72. The summed E-state index contributed by atoms with van der Waals surface area (Å²) < 4.78 is 0. The van der Waals surface area contributed by atoms with E-state index in [1.54, 1.807) is 6.92 Å². The molecule has 4 nitrogen and oxygen atoms in total. The fourth-order valence-corrected chi connectivity index (χ4v) is 3.73. The molecule has 0 aromatic heterocycles. The molecule has 0 radical (unpaired) electrons. The highest BCUT2D eigenvalue weighted by atomic mass is 16.3. The van der Waals surface area contributed by atoms with Gasteiger partial charge < -0.3 is 15.7 Å². The van der Waals surface area contributed by atoms with Crippen molar-refractivity contribution < 1.29 is 9.90 Å². The molecule has 3 N–H and O–H groups in total. The van der Waals surface area contributed by atoms with Crippen LogP contribution >= 0.6 is 0 Å². The van der Waals surface area contributed by atoms with Crippen LogP contribution in [0.4, 0.5) is 0 Å². The third-order valence-electron chi connectivity index (χ3n) is 4.86. The monoisotopic (exact) mass is 346 g/mol. The van der Waals surface area contributed by atoms with Crippen LogP contribution in [0.5, 0.6) is 0 Å². The second-order valence-electron chi connectivity index (χ2n) is 8.52. The standard InChI is InChI=1S/C21H34N2O2/c1-15(25)22-10-5-11-23-20-18(14-24)9-8-17-7-6-16(12-19(17)20)13-21(2,3)4/h6-7,12,18,20,23-24H,5,8-11,13-14H2,1-4H3,(H,22,25). The van der Waals surface area contributed by atoms with E-state index in [1.807, 2.05) is 0 Å². The van der Waals surface area contributed by atoms with Gasteiger partial charge >= 0.3 is 0 Å². The Bertz CT molecular complexity index is 578. The molecule has 4 heteroatoms. The van der Waals surface area contributed by atoms with Gasteiger partial charge in [-0.15, -0.1) is 0 Å². The molecule has 140 valence electrons. The van der Waals surface area contributed by atoms with Crippen molar-refractivity contribution in [3.8, 4) is 0 Å². The normalized spacial score (nSPS) is 20.2. The molecule has 0 bridgehead atoms. The third kappa shape index (κ3) is 6.12. The van der Waals surface area contributed by atoms with Gasteiger partial charge in [-0.25, -0.2) is 0 Å². The summed E-state index contributed by atoms with van der Waals surface area (Å²) in [6.45, 7) is 10.1. The van der Waals surface area contributed by atoms with Crippen LogP contribution in [0.25, 0.3) is 0 Å². The van der Waals surface area contributed by atoms with Crippen molar-refractivity contribution in [3.05, 3.63) is 34.9 Å². The van der Waals surface area contributed by atoms with E-state index >= 15 is 0 Å². The molecule has 0 saturated carbocycles. The number of aryl methyl sites for hydroxylation is 1. The van der Waals surface area contributed by atoms with Crippen molar-refractivity contribution in [1.82, 2.24) is 10.6 Å². The maximum absolute atomic E-state index is 11.0. The minimum absolute atomic E-state index is 0.0167. The topological polar surface area (TPSA) is 61.4 Å². The molecule has 2 atom stereocenters. The number of fused-ring (bicyclic) bond motifs is 1. The van der Waals surface area contributed by atoms with Gasteiger partial charge in [-0.3, -0.25) is 4.79 Å². The molecule has 2 unspecified atom stereocenters. The van der Waals surface area contributed by atoms with Gasteiger partial charge in [0.25, 0.3) is 0 Å². The third-order valence-corrected chi connectivity index (χ3v) is 4.86. The molecule has 1 aliphatic carbocycles. The maximum Gasteiger partial charge on any atom is 0.216 e. The van der Waals surface area contributed by atoms with Crippen molar-refractivity contribution in [2.24, 2.45) is 11.3 Å².